The molecule has 2 aliphatic carbocycles. The molecule has 1 aliphatic heterocycles. The minimum atomic E-state index is -1.19. The molecule has 0 spiro atoms. The van der Waals surface area contributed by atoms with Crippen LogP contribution in [0.1, 0.15) is 42.4 Å². The van der Waals surface area contributed by atoms with E-state index in [4.69, 9.17) is 23.7 Å². The first-order valence-electron chi connectivity index (χ1n) is 16.3. The van der Waals surface area contributed by atoms with E-state index in [2.05, 4.69) is 9.98 Å². The number of methoxy groups -OCH3 is 1. The number of likely N-dealkylation sites (N-methyl/N-ethyl adjacent to an activating group) is 1. The van der Waals surface area contributed by atoms with Crippen LogP contribution in [0.15, 0.2) is 77.9 Å². The number of carbonyl (C=O) groups excluding carboxylic acids is 1. The van der Waals surface area contributed by atoms with E-state index in [1.54, 1.807) is 24.3 Å². The molecule has 50 heavy (non-hydrogen) atoms. The number of ether oxygens (including phenoxy) is 5. The van der Waals surface area contributed by atoms with E-state index in [0.29, 0.717) is 36.7 Å². The number of hydrogen-bond donors (Lipinski definition) is 0. The number of nitriles is 1. The number of esters is 1. The zero-order valence-corrected chi connectivity index (χ0v) is 27.5. The van der Waals surface area contributed by atoms with Crippen molar-refractivity contribution in [3.8, 4) is 40.7 Å². The molecule has 0 amide bonds. The third-order valence-electron chi connectivity index (χ3n) is 9.48. The summed E-state index contributed by atoms with van der Waals surface area (Å²) in [6, 6.07) is 20.9. The van der Waals surface area contributed by atoms with E-state index in [-0.39, 0.29) is 47.2 Å². The smallest absolute Gasteiger partial charge is 0.309 e. The Morgan fingerprint density at radius 2 is 1.86 bits per heavy atom. The molecular weight excluding hydrogens is 646 g/mol. The molecule has 3 atom stereocenters. The summed E-state index contributed by atoms with van der Waals surface area (Å²) in [6.07, 6.45) is 3.79. The van der Waals surface area contributed by atoms with Gasteiger partial charge in [0.05, 0.1) is 43.0 Å². The molecule has 0 radical (unpaired) electrons. The van der Waals surface area contributed by atoms with Crippen molar-refractivity contribution in [2.24, 2.45) is 16.8 Å². The zero-order valence-electron chi connectivity index (χ0n) is 27.5. The number of benzene rings is 3. The van der Waals surface area contributed by atoms with Gasteiger partial charge in [-0.2, -0.15) is 9.65 Å². The van der Waals surface area contributed by atoms with E-state index in [1.165, 1.54) is 19.2 Å². The fraction of sp³-hybridized carbons (Fsp3) is 0.316. The number of pyridine rings is 1. The average Bonchev–Trinajstić information content (AvgIpc) is 3.86. The molecule has 0 saturated heterocycles. The molecule has 12 heteroatoms. The third-order valence-corrected chi connectivity index (χ3v) is 9.48. The van der Waals surface area contributed by atoms with Crippen LogP contribution >= 0.6 is 0 Å². The second-order valence-electron chi connectivity index (χ2n) is 12.7. The molecule has 256 valence electrons. The quantitative estimate of drug-likeness (QED) is 0.152. The van der Waals surface area contributed by atoms with Gasteiger partial charge < -0.3 is 28.6 Å². The SMILES string of the molecule is COC(=O)C1CC2(Oc3ccc(Oc4c(F)cnc(Oc5cc(C#N)ccc5OCc5ccccc5)c4F)c(C4=NCCN4C)c3)CCC1C2. The lowest BCUT2D eigenvalue weighted by molar-refractivity contribution is -0.147. The lowest BCUT2D eigenvalue weighted by atomic mass is 9.87. The molecule has 2 saturated carbocycles. The van der Waals surface area contributed by atoms with Crippen LogP contribution in [0.4, 0.5) is 8.78 Å². The highest BCUT2D eigenvalue weighted by molar-refractivity contribution is 6.02. The first-order chi connectivity index (χ1) is 24.3. The maximum absolute atomic E-state index is 16.1. The van der Waals surface area contributed by atoms with Gasteiger partial charge >= 0.3 is 5.97 Å². The Kier molecular flexibility index (Phi) is 8.97. The normalized spacial score (nSPS) is 20.6. The highest BCUT2D eigenvalue weighted by Crippen LogP contribution is 2.54. The molecule has 4 aromatic rings. The number of aliphatic imine (C=N–C) groups is 1. The number of amidine groups is 1. The summed E-state index contributed by atoms with van der Waals surface area (Å²) in [5.74, 6) is -2.28. The van der Waals surface area contributed by atoms with Crippen LogP contribution < -0.4 is 18.9 Å². The topological polar surface area (TPSA) is 116 Å². The summed E-state index contributed by atoms with van der Waals surface area (Å²) in [5, 5.41) is 9.49. The molecule has 7 rings (SSSR count). The molecule has 2 heterocycles. The van der Waals surface area contributed by atoms with Crippen LogP contribution in [0.2, 0.25) is 0 Å². The Labute approximate surface area is 287 Å². The van der Waals surface area contributed by atoms with Crippen molar-refractivity contribution < 1.29 is 37.3 Å². The van der Waals surface area contributed by atoms with E-state index in [9.17, 15) is 10.1 Å². The molecule has 0 N–H and O–H groups in total. The summed E-state index contributed by atoms with van der Waals surface area (Å²) >= 11 is 0. The van der Waals surface area contributed by atoms with E-state index in [1.807, 2.05) is 48.3 Å². The van der Waals surface area contributed by atoms with E-state index < -0.39 is 28.9 Å². The van der Waals surface area contributed by atoms with Crippen molar-refractivity contribution in [2.45, 2.75) is 37.9 Å². The Balaban J connectivity index is 1.17. The standard InChI is InChI=1S/C38H34F2N4O6/c1-44-15-14-42-35(44)27-17-26(50-38-13-12-25(18-38)28(19-38)37(45)46-2)9-11-30(27)48-34-29(39)21-43-36(33(34)40)49-32-16-24(20-41)8-10-31(32)47-22-23-6-4-3-5-7-23/h3-11,16-17,21,25,28H,12-15,18-19,22H2,1-2H3. The van der Waals surface area contributed by atoms with E-state index in [0.717, 1.165) is 31.0 Å². The van der Waals surface area contributed by atoms with Gasteiger partial charge in [0.2, 0.25) is 11.6 Å². The Morgan fingerprint density at radius 1 is 1.04 bits per heavy atom. The van der Waals surface area contributed by atoms with Gasteiger partial charge in [0.1, 0.15) is 29.5 Å². The minimum absolute atomic E-state index is 0.0166. The van der Waals surface area contributed by atoms with E-state index >= 15 is 8.78 Å². The zero-order chi connectivity index (χ0) is 34.8. The maximum Gasteiger partial charge on any atom is 0.309 e. The summed E-state index contributed by atoms with van der Waals surface area (Å²) in [5.41, 5.74) is 1.10. The van der Waals surface area contributed by atoms with Crippen molar-refractivity contribution in [2.75, 3.05) is 27.2 Å². The number of hydrogen-bond acceptors (Lipinski definition) is 10. The van der Waals surface area contributed by atoms with Gasteiger partial charge in [0, 0.05) is 26.1 Å². The Morgan fingerprint density at radius 3 is 2.62 bits per heavy atom. The second-order valence-corrected chi connectivity index (χ2v) is 12.7. The molecule has 2 fully saturated rings. The van der Waals surface area contributed by atoms with Crippen LogP contribution in [0.3, 0.4) is 0 Å². The van der Waals surface area contributed by atoms with Gasteiger partial charge in [-0.25, -0.2) is 9.37 Å². The first-order valence-corrected chi connectivity index (χ1v) is 16.3. The van der Waals surface area contributed by atoms with Gasteiger partial charge in [-0.05, 0) is 61.1 Å². The van der Waals surface area contributed by atoms with Crippen molar-refractivity contribution in [3.05, 3.63) is 101 Å². The fourth-order valence-electron chi connectivity index (χ4n) is 7.02. The van der Waals surface area contributed by atoms with Crippen molar-refractivity contribution >= 4 is 11.8 Å². The lowest BCUT2D eigenvalue weighted by Crippen LogP contribution is -2.34. The predicted octanol–water partition coefficient (Wildman–Crippen LogP) is 7.20. The van der Waals surface area contributed by atoms with Gasteiger partial charge in [0.25, 0.3) is 5.88 Å². The van der Waals surface area contributed by atoms with Crippen LogP contribution in [0.5, 0.6) is 34.6 Å². The van der Waals surface area contributed by atoms with Crippen LogP contribution in [-0.2, 0) is 16.1 Å². The molecule has 3 unspecified atom stereocenters. The number of fused-ring (bicyclic) bond motifs is 2. The summed E-state index contributed by atoms with van der Waals surface area (Å²) < 4.78 is 60.7. The van der Waals surface area contributed by atoms with Gasteiger partial charge in [-0.3, -0.25) is 9.79 Å². The highest BCUT2D eigenvalue weighted by Gasteiger charge is 2.55. The number of rotatable bonds is 11. The molecule has 1 aromatic heterocycles. The highest BCUT2D eigenvalue weighted by atomic mass is 19.1. The van der Waals surface area contributed by atoms with Crippen LogP contribution in [0, 0.1) is 34.8 Å². The predicted molar refractivity (Wildman–Crippen MR) is 178 cm³/mol. The van der Waals surface area contributed by atoms with Crippen molar-refractivity contribution in [1.82, 2.24) is 9.88 Å². The minimum Gasteiger partial charge on any atom is -0.487 e. The fourth-order valence-corrected chi connectivity index (χ4v) is 7.02. The Hall–Kier alpha value is -5.70. The summed E-state index contributed by atoms with van der Waals surface area (Å²) in [6.45, 7) is 1.37. The summed E-state index contributed by atoms with van der Waals surface area (Å²) in [4.78, 5) is 22.8. The van der Waals surface area contributed by atoms with Gasteiger partial charge in [-0.15, -0.1) is 0 Å². The number of carbonyl (C=O) groups is 1. The van der Waals surface area contributed by atoms with Gasteiger partial charge in [-0.1, -0.05) is 30.3 Å². The molecule has 3 aromatic carbocycles. The number of aromatic nitrogens is 1. The van der Waals surface area contributed by atoms with Gasteiger partial charge in [0.15, 0.2) is 17.3 Å². The molecule has 2 bridgehead atoms. The molecular formula is C38H34F2N4O6. The summed E-state index contributed by atoms with van der Waals surface area (Å²) in [7, 11) is 3.27. The molecule has 10 nitrogen and oxygen atoms in total. The monoisotopic (exact) mass is 680 g/mol. The largest absolute Gasteiger partial charge is 0.487 e. The number of halogens is 2. The molecule has 3 aliphatic rings. The Bertz CT molecular complexity index is 2000. The third kappa shape index (κ3) is 6.51. The first kappa shape index (κ1) is 32.8. The second kappa shape index (κ2) is 13.7. The average molecular weight is 681 g/mol. The maximum atomic E-state index is 16.1. The van der Waals surface area contributed by atoms with Crippen LogP contribution in [0.25, 0.3) is 0 Å². The van der Waals surface area contributed by atoms with Crippen molar-refractivity contribution in [1.29, 1.82) is 5.26 Å². The lowest BCUT2D eigenvalue weighted by Gasteiger charge is -2.30. The number of nitrogens with zero attached hydrogens (tertiary/aromatic N) is 4. The van der Waals surface area contributed by atoms with Crippen LogP contribution in [-0.4, -0.2) is 54.5 Å². The van der Waals surface area contributed by atoms with Crippen molar-refractivity contribution in [3.63, 3.8) is 0 Å².